The van der Waals surface area contributed by atoms with E-state index in [0.29, 0.717) is 17.7 Å². The zero-order chi connectivity index (χ0) is 18.9. The molecule has 0 aliphatic carbocycles. The molecular weight excluding hydrogens is 374 g/mol. The highest BCUT2D eigenvalue weighted by molar-refractivity contribution is 7.22. The number of likely N-dealkylation sites (tertiary alicyclic amines) is 1. The number of aromatic nitrogens is 3. The van der Waals surface area contributed by atoms with Crippen LogP contribution in [0.2, 0.25) is 0 Å². The van der Waals surface area contributed by atoms with Gasteiger partial charge in [-0.3, -0.25) is 4.90 Å². The van der Waals surface area contributed by atoms with Crippen LogP contribution < -0.4 is 9.64 Å². The lowest BCUT2D eigenvalue weighted by atomic mass is 10.1. The molecule has 0 bridgehead atoms. The summed E-state index contributed by atoms with van der Waals surface area (Å²) < 4.78 is 6.84. The number of thiazole rings is 1. The van der Waals surface area contributed by atoms with E-state index >= 15 is 0 Å². The Labute approximate surface area is 167 Å². The standard InChI is InChI=1S/C20H23N5O2S/c26-18-6-7-19(23-22-18)27-15-4-5-16-17(12-15)28-20(21-16)25-11-8-14(13-25)24-9-2-1-3-10-24/h4-7,12,14H,1-3,8-11,13H2,(H,22,26)/t14-/m1/s1. The fourth-order valence-electron chi connectivity index (χ4n) is 4.08. The summed E-state index contributed by atoms with van der Waals surface area (Å²) >= 11 is 1.71. The Bertz CT molecular complexity index is 955. The second kappa shape index (κ2) is 7.52. The molecule has 146 valence electrons. The molecule has 2 saturated heterocycles. The Morgan fingerprint density at radius 3 is 2.75 bits per heavy atom. The van der Waals surface area contributed by atoms with Crippen molar-refractivity contribution in [2.45, 2.75) is 31.7 Å². The summed E-state index contributed by atoms with van der Waals surface area (Å²) in [6.45, 7) is 4.65. The number of hydrogen-bond donors (Lipinski definition) is 1. The van der Waals surface area contributed by atoms with Crippen LogP contribution in [0.5, 0.6) is 17.5 Å². The van der Waals surface area contributed by atoms with Gasteiger partial charge in [0.05, 0.1) is 10.2 Å². The smallest absolute Gasteiger partial charge is 0.239 e. The van der Waals surface area contributed by atoms with Crippen LogP contribution in [0.25, 0.3) is 10.2 Å². The number of nitrogens with zero attached hydrogens (tertiary/aromatic N) is 5. The van der Waals surface area contributed by atoms with Gasteiger partial charge in [-0.05, 0) is 44.5 Å². The SMILES string of the molecule is Oc1ccc(Oc2ccc3nc(N4CC[C@@H](N5CCCCC5)C4)sc3c2)nn1. The second-order valence-electron chi connectivity index (χ2n) is 7.44. The van der Waals surface area contributed by atoms with Crippen LogP contribution in [0.4, 0.5) is 5.13 Å². The zero-order valence-electron chi connectivity index (χ0n) is 15.6. The van der Waals surface area contributed by atoms with Gasteiger partial charge in [0, 0.05) is 37.3 Å². The lowest BCUT2D eigenvalue weighted by Gasteiger charge is -2.32. The molecule has 8 heteroatoms. The van der Waals surface area contributed by atoms with E-state index in [1.54, 1.807) is 17.4 Å². The molecule has 4 heterocycles. The first-order valence-corrected chi connectivity index (χ1v) is 10.7. The van der Waals surface area contributed by atoms with Crippen LogP contribution in [-0.4, -0.2) is 57.4 Å². The fourth-order valence-corrected chi connectivity index (χ4v) is 5.11. The van der Waals surface area contributed by atoms with Crippen LogP contribution in [0.15, 0.2) is 30.3 Å². The Kier molecular flexibility index (Phi) is 4.74. The average molecular weight is 398 g/mol. The number of benzene rings is 1. The van der Waals surface area contributed by atoms with Gasteiger partial charge in [0.15, 0.2) is 5.13 Å². The molecule has 7 nitrogen and oxygen atoms in total. The molecule has 0 saturated carbocycles. The molecule has 0 unspecified atom stereocenters. The van der Waals surface area contributed by atoms with Gasteiger partial charge in [0.1, 0.15) is 5.75 Å². The van der Waals surface area contributed by atoms with Crippen molar-refractivity contribution >= 4 is 26.7 Å². The molecule has 0 spiro atoms. The molecule has 2 aromatic heterocycles. The van der Waals surface area contributed by atoms with Gasteiger partial charge < -0.3 is 14.7 Å². The zero-order valence-corrected chi connectivity index (χ0v) is 16.4. The summed E-state index contributed by atoms with van der Waals surface area (Å²) in [6.07, 6.45) is 5.28. The predicted octanol–water partition coefficient (Wildman–Crippen LogP) is 3.65. The summed E-state index contributed by atoms with van der Waals surface area (Å²) in [7, 11) is 0. The number of ether oxygens (including phenoxy) is 1. The lowest BCUT2D eigenvalue weighted by molar-refractivity contribution is 0.175. The van der Waals surface area contributed by atoms with Gasteiger partial charge in [0.25, 0.3) is 0 Å². The molecule has 1 aromatic carbocycles. The normalized spacial score (nSPS) is 20.7. The third kappa shape index (κ3) is 3.62. The van der Waals surface area contributed by atoms with Crippen molar-refractivity contribution in [3.63, 3.8) is 0 Å². The first-order chi connectivity index (χ1) is 13.7. The molecule has 2 aliphatic heterocycles. The highest BCUT2D eigenvalue weighted by Crippen LogP contribution is 2.34. The number of fused-ring (bicyclic) bond motifs is 1. The first-order valence-electron chi connectivity index (χ1n) is 9.85. The molecule has 28 heavy (non-hydrogen) atoms. The van der Waals surface area contributed by atoms with Crippen LogP contribution in [-0.2, 0) is 0 Å². The Balaban J connectivity index is 1.30. The molecule has 2 aliphatic rings. The van der Waals surface area contributed by atoms with E-state index in [2.05, 4.69) is 20.0 Å². The molecule has 0 radical (unpaired) electrons. The molecule has 3 aromatic rings. The minimum absolute atomic E-state index is 0.122. The van der Waals surface area contributed by atoms with Crippen molar-refractivity contribution in [3.8, 4) is 17.5 Å². The van der Waals surface area contributed by atoms with E-state index in [1.807, 2.05) is 18.2 Å². The minimum Gasteiger partial charge on any atom is -0.492 e. The molecule has 2 fully saturated rings. The van der Waals surface area contributed by atoms with E-state index in [9.17, 15) is 5.11 Å². The van der Waals surface area contributed by atoms with E-state index in [0.717, 1.165) is 28.4 Å². The van der Waals surface area contributed by atoms with Gasteiger partial charge in [-0.2, -0.15) is 0 Å². The van der Waals surface area contributed by atoms with E-state index in [4.69, 9.17) is 9.72 Å². The Hall–Kier alpha value is -2.45. The fraction of sp³-hybridized carbons (Fsp3) is 0.450. The summed E-state index contributed by atoms with van der Waals surface area (Å²) in [5, 5.41) is 17.7. The largest absolute Gasteiger partial charge is 0.492 e. The maximum Gasteiger partial charge on any atom is 0.239 e. The van der Waals surface area contributed by atoms with Crippen LogP contribution in [0, 0.1) is 0 Å². The van der Waals surface area contributed by atoms with Crippen molar-refractivity contribution in [1.82, 2.24) is 20.1 Å². The van der Waals surface area contributed by atoms with Crippen molar-refractivity contribution in [2.24, 2.45) is 0 Å². The van der Waals surface area contributed by atoms with Gasteiger partial charge in [-0.1, -0.05) is 17.8 Å². The highest BCUT2D eigenvalue weighted by Gasteiger charge is 2.29. The molecule has 1 atom stereocenters. The van der Waals surface area contributed by atoms with Gasteiger partial charge >= 0.3 is 0 Å². The van der Waals surface area contributed by atoms with Crippen molar-refractivity contribution < 1.29 is 9.84 Å². The lowest BCUT2D eigenvalue weighted by Crippen LogP contribution is -2.40. The maximum absolute atomic E-state index is 9.23. The summed E-state index contributed by atoms with van der Waals surface area (Å²) in [4.78, 5) is 9.94. The molecule has 0 amide bonds. The number of anilines is 1. The van der Waals surface area contributed by atoms with Crippen molar-refractivity contribution in [3.05, 3.63) is 30.3 Å². The second-order valence-corrected chi connectivity index (χ2v) is 8.45. The van der Waals surface area contributed by atoms with E-state index < -0.39 is 0 Å². The molecular formula is C20H23N5O2S. The third-order valence-corrected chi connectivity index (χ3v) is 6.62. The summed E-state index contributed by atoms with van der Waals surface area (Å²) in [5.41, 5.74) is 0.991. The van der Waals surface area contributed by atoms with E-state index in [-0.39, 0.29) is 5.88 Å². The number of piperidine rings is 1. The number of hydrogen-bond acceptors (Lipinski definition) is 8. The average Bonchev–Trinajstić information content (AvgIpc) is 3.37. The Morgan fingerprint density at radius 1 is 1.04 bits per heavy atom. The van der Waals surface area contributed by atoms with Crippen LogP contribution >= 0.6 is 11.3 Å². The third-order valence-electron chi connectivity index (χ3n) is 5.54. The topological polar surface area (TPSA) is 74.6 Å². The number of rotatable bonds is 4. The van der Waals surface area contributed by atoms with E-state index in [1.165, 1.54) is 44.8 Å². The summed E-state index contributed by atoms with van der Waals surface area (Å²) in [5.74, 6) is 0.921. The van der Waals surface area contributed by atoms with Gasteiger partial charge in [-0.25, -0.2) is 4.98 Å². The predicted molar refractivity (Wildman–Crippen MR) is 109 cm³/mol. The first kappa shape index (κ1) is 17.6. The van der Waals surface area contributed by atoms with Crippen LogP contribution in [0.3, 0.4) is 0 Å². The maximum atomic E-state index is 9.23. The Morgan fingerprint density at radius 2 is 1.93 bits per heavy atom. The van der Waals surface area contributed by atoms with Crippen molar-refractivity contribution in [1.29, 1.82) is 0 Å². The van der Waals surface area contributed by atoms with Crippen LogP contribution in [0.1, 0.15) is 25.7 Å². The quantitative estimate of drug-likeness (QED) is 0.720. The molecule has 1 N–H and O–H groups in total. The summed E-state index contributed by atoms with van der Waals surface area (Å²) in [6, 6.07) is 9.58. The van der Waals surface area contributed by atoms with Gasteiger partial charge in [0.2, 0.25) is 11.8 Å². The van der Waals surface area contributed by atoms with Gasteiger partial charge in [-0.15, -0.1) is 10.2 Å². The number of aromatic hydroxyl groups is 1. The van der Waals surface area contributed by atoms with Crippen molar-refractivity contribution in [2.75, 3.05) is 31.1 Å². The minimum atomic E-state index is -0.122. The monoisotopic (exact) mass is 397 g/mol. The highest BCUT2D eigenvalue weighted by atomic mass is 32.1. The molecule has 5 rings (SSSR count).